The Labute approximate surface area is 148 Å². The number of piperidine rings is 1. The number of hydrogen-bond donors (Lipinski definition) is 1. The zero-order valence-corrected chi connectivity index (χ0v) is 13.8. The minimum atomic E-state index is -1.04. The summed E-state index contributed by atoms with van der Waals surface area (Å²) in [5.74, 6) is -3.54. The fourth-order valence-electron chi connectivity index (χ4n) is 2.97. The summed E-state index contributed by atoms with van der Waals surface area (Å²) in [4.78, 5) is 26.4. The maximum atomic E-state index is 13.2. The van der Waals surface area contributed by atoms with Gasteiger partial charge in [-0.05, 0) is 49.2 Å². The minimum absolute atomic E-state index is 0.163. The Hall–Kier alpha value is -2.83. The van der Waals surface area contributed by atoms with E-state index < -0.39 is 23.4 Å². The number of nitrogens with one attached hydrogen (secondary N) is 1. The van der Waals surface area contributed by atoms with Crippen molar-refractivity contribution in [3.05, 3.63) is 65.5 Å². The number of carbonyl (C=O) groups is 2. The topological polar surface area (TPSA) is 49.4 Å². The molecule has 1 heterocycles. The molecule has 1 saturated heterocycles. The Morgan fingerprint density at radius 1 is 1.00 bits per heavy atom. The van der Waals surface area contributed by atoms with Crippen LogP contribution in [0.25, 0.3) is 0 Å². The molecule has 2 aromatic carbocycles. The summed E-state index contributed by atoms with van der Waals surface area (Å²) in [5.41, 5.74) is 0.518. The molecule has 26 heavy (non-hydrogen) atoms. The second-order valence-electron chi connectivity index (χ2n) is 6.22. The van der Waals surface area contributed by atoms with Gasteiger partial charge in [-0.15, -0.1) is 0 Å². The first-order valence-electron chi connectivity index (χ1n) is 8.25. The molecule has 0 aliphatic carbocycles. The van der Waals surface area contributed by atoms with Crippen molar-refractivity contribution in [1.82, 2.24) is 4.90 Å². The van der Waals surface area contributed by atoms with Gasteiger partial charge in [0.25, 0.3) is 5.91 Å². The molecule has 0 radical (unpaired) electrons. The monoisotopic (exact) mass is 362 g/mol. The minimum Gasteiger partial charge on any atom is -0.338 e. The molecule has 1 unspecified atom stereocenters. The fraction of sp³-hybridized carbons (Fsp3) is 0.263. The van der Waals surface area contributed by atoms with E-state index in [1.54, 1.807) is 4.90 Å². The predicted molar refractivity (Wildman–Crippen MR) is 90.0 cm³/mol. The SMILES string of the molecule is O=C(Nc1ccc(F)c(F)c1)C1CCCN(C(=O)c2ccc(F)cc2)C1. The average Bonchev–Trinajstić information content (AvgIpc) is 2.65. The molecular formula is C19H17F3N2O2. The summed E-state index contributed by atoms with van der Waals surface area (Å²) >= 11 is 0. The number of amides is 2. The molecular weight excluding hydrogens is 345 g/mol. The number of nitrogens with zero attached hydrogens (tertiary/aromatic N) is 1. The molecule has 0 aromatic heterocycles. The number of carbonyl (C=O) groups excluding carboxylic acids is 2. The van der Waals surface area contributed by atoms with Gasteiger partial charge in [0, 0.05) is 30.4 Å². The molecule has 2 aromatic rings. The zero-order valence-electron chi connectivity index (χ0n) is 13.8. The van der Waals surface area contributed by atoms with E-state index >= 15 is 0 Å². The molecule has 0 bridgehead atoms. The number of anilines is 1. The first-order chi connectivity index (χ1) is 12.4. The lowest BCUT2D eigenvalue weighted by Gasteiger charge is -2.32. The zero-order chi connectivity index (χ0) is 18.7. The molecule has 1 fully saturated rings. The van der Waals surface area contributed by atoms with Gasteiger partial charge in [0.15, 0.2) is 11.6 Å². The van der Waals surface area contributed by atoms with Gasteiger partial charge in [-0.2, -0.15) is 0 Å². The lowest BCUT2D eigenvalue weighted by molar-refractivity contribution is -0.121. The quantitative estimate of drug-likeness (QED) is 0.907. The Bertz CT molecular complexity index is 824. The Morgan fingerprint density at radius 3 is 2.42 bits per heavy atom. The predicted octanol–water partition coefficient (Wildman–Crippen LogP) is 3.59. The number of likely N-dealkylation sites (tertiary alicyclic amines) is 1. The molecule has 1 aliphatic rings. The van der Waals surface area contributed by atoms with Crippen molar-refractivity contribution in [2.45, 2.75) is 12.8 Å². The molecule has 1 atom stereocenters. The highest BCUT2D eigenvalue weighted by atomic mass is 19.2. The molecule has 1 aliphatic heterocycles. The van der Waals surface area contributed by atoms with Crippen LogP contribution in [0, 0.1) is 23.4 Å². The van der Waals surface area contributed by atoms with E-state index in [0.717, 1.165) is 12.1 Å². The molecule has 7 heteroatoms. The van der Waals surface area contributed by atoms with E-state index in [0.29, 0.717) is 24.9 Å². The summed E-state index contributed by atoms with van der Waals surface area (Å²) in [6.07, 6.45) is 1.23. The van der Waals surface area contributed by atoms with Crippen LogP contribution in [-0.4, -0.2) is 29.8 Å². The van der Waals surface area contributed by atoms with Crippen LogP contribution in [0.2, 0.25) is 0 Å². The summed E-state index contributed by atoms with van der Waals surface area (Å²) in [6.45, 7) is 0.719. The van der Waals surface area contributed by atoms with Crippen LogP contribution in [0.3, 0.4) is 0 Å². The highest BCUT2D eigenvalue weighted by Gasteiger charge is 2.29. The second kappa shape index (κ2) is 7.59. The van der Waals surface area contributed by atoms with Crippen molar-refractivity contribution in [2.75, 3.05) is 18.4 Å². The van der Waals surface area contributed by atoms with Crippen molar-refractivity contribution < 1.29 is 22.8 Å². The smallest absolute Gasteiger partial charge is 0.253 e. The van der Waals surface area contributed by atoms with Gasteiger partial charge in [0.1, 0.15) is 5.82 Å². The highest BCUT2D eigenvalue weighted by molar-refractivity contribution is 5.96. The second-order valence-corrected chi connectivity index (χ2v) is 6.22. The number of halogens is 3. The van der Waals surface area contributed by atoms with Gasteiger partial charge in [-0.3, -0.25) is 9.59 Å². The van der Waals surface area contributed by atoms with E-state index in [2.05, 4.69) is 5.32 Å². The summed E-state index contributed by atoms with van der Waals surface area (Å²) in [5, 5.41) is 2.55. The van der Waals surface area contributed by atoms with Crippen LogP contribution >= 0.6 is 0 Å². The highest BCUT2D eigenvalue weighted by Crippen LogP contribution is 2.21. The molecule has 4 nitrogen and oxygen atoms in total. The van der Waals surface area contributed by atoms with Crippen molar-refractivity contribution in [3.63, 3.8) is 0 Å². The molecule has 3 rings (SSSR count). The Kier molecular flexibility index (Phi) is 5.25. The van der Waals surface area contributed by atoms with Gasteiger partial charge in [-0.1, -0.05) is 0 Å². The van der Waals surface area contributed by atoms with Crippen molar-refractivity contribution in [3.8, 4) is 0 Å². The standard InChI is InChI=1S/C19H17F3N2O2/c20-14-5-3-12(4-6-14)19(26)24-9-1-2-13(11-24)18(25)23-15-7-8-16(21)17(22)10-15/h3-8,10,13H,1-2,9,11H2,(H,23,25). The first kappa shape index (κ1) is 18.0. The van der Waals surface area contributed by atoms with E-state index in [-0.39, 0.29) is 24.0 Å². The maximum Gasteiger partial charge on any atom is 0.253 e. The Balaban J connectivity index is 1.65. The first-order valence-corrected chi connectivity index (χ1v) is 8.25. The lowest BCUT2D eigenvalue weighted by atomic mass is 9.96. The summed E-state index contributed by atoms with van der Waals surface area (Å²) in [6, 6.07) is 8.37. The van der Waals surface area contributed by atoms with E-state index in [4.69, 9.17) is 0 Å². The number of rotatable bonds is 3. The van der Waals surface area contributed by atoms with Crippen molar-refractivity contribution >= 4 is 17.5 Å². The van der Waals surface area contributed by atoms with E-state index in [1.807, 2.05) is 0 Å². The summed E-state index contributed by atoms with van der Waals surface area (Å²) in [7, 11) is 0. The molecule has 1 N–H and O–H groups in total. The lowest BCUT2D eigenvalue weighted by Crippen LogP contribution is -2.43. The van der Waals surface area contributed by atoms with Crippen LogP contribution in [0.15, 0.2) is 42.5 Å². The van der Waals surface area contributed by atoms with Crippen molar-refractivity contribution in [1.29, 1.82) is 0 Å². The van der Waals surface area contributed by atoms with Crippen LogP contribution in [0.4, 0.5) is 18.9 Å². The van der Waals surface area contributed by atoms with Crippen molar-refractivity contribution in [2.24, 2.45) is 5.92 Å². The van der Waals surface area contributed by atoms with Crippen LogP contribution in [-0.2, 0) is 4.79 Å². The molecule has 2 amide bonds. The fourth-order valence-corrected chi connectivity index (χ4v) is 2.97. The van der Waals surface area contributed by atoms with Gasteiger partial charge in [0.2, 0.25) is 5.91 Å². The third kappa shape index (κ3) is 4.04. The van der Waals surface area contributed by atoms with E-state index in [1.165, 1.54) is 30.3 Å². The van der Waals surface area contributed by atoms with Gasteiger partial charge < -0.3 is 10.2 Å². The third-order valence-corrected chi connectivity index (χ3v) is 4.36. The average molecular weight is 362 g/mol. The van der Waals surface area contributed by atoms with Crippen LogP contribution in [0.1, 0.15) is 23.2 Å². The van der Waals surface area contributed by atoms with E-state index in [9.17, 15) is 22.8 Å². The number of hydrogen-bond acceptors (Lipinski definition) is 2. The summed E-state index contributed by atoms with van der Waals surface area (Å²) < 4.78 is 39.2. The van der Waals surface area contributed by atoms with Gasteiger partial charge in [-0.25, -0.2) is 13.2 Å². The maximum absolute atomic E-state index is 13.2. The molecule has 0 spiro atoms. The largest absolute Gasteiger partial charge is 0.338 e. The Morgan fingerprint density at radius 2 is 1.73 bits per heavy atom. The normalized spacial score (nSPS) is 17.0. The third-order valence-electron chi connectivity index (χ3n) is 4.36. The molecule has 136 valence electrons. The van der Waals surface area contributed by atoms with Gasteiger partial charge in [0.05, 0.1) is 5.92 Å². The molecule has 0 saturated carbocycles. The van der Waals surface area contributed by atoms with Crippen LogP contribution in [0.5, 0.6) is 0 Å². The van der Waals surface area contributed by atoms with Gasteiger partial charge >= 0.3 is 0 Å². The van der Waals surface area contributed by atoms with Crippen LogP contribution < -0.4 is 5.32 Å². The number of benzene rings is 2.